The van der Waals surface area contributed by atoms with Crippen LogP contribution < -0.4 is 5.32 Å². The number of anilines is 1. The van der Waals surface area contributed by atoms with Crippen molar-refractivity contribution in [3.8, 4) is 0 Å². The molecule has 6 heteroatoms. The second kappa shape index (κ2) is 6.34. The fourth-order valence-corrected chi connectivity index (χ4v) is 2.41. The second-order valence-electron chi connectivity index (χ2n) is 5.37. The molecule has 19 heavy (non-hydrogen) atoms. The average Bonchev–Trinajstić information content (AvgIpc) is 2.24. The molecule has 106 valence electrons. The van der Waals surface area contributed by atoms with Gasteiger partial charge in [0.2, 0.25) is 0 Å². The highest BCUT2D eigenvalue weighted by Crippen LogP contribution is 2.28. The van der Waals surface area contributed by atoms with Gasteiger partial charge in [0.1, 0.15) is 5.69 Å². The molecule has 1 atom stereocenters. The maximum Gasteiger partial charge on any atom is 0.292 e. The summed E-state index contributed by atoms with van der Waals surface area (Å²) in [5.74, 6) is 0.356. The van der Waals surface area contributed by atoms with Crippen LogP contribution in [0, 0.1) is 16.0 Å². The molecule has 1 aromatic rings. The van der Waals surface area contributed by atoms with E-state index in [-0.39, 0.29) is 12.2 Å². The second-order valence-corrected chi connectivity index (χ2v) is 6.28. The van der Waals surface area contributed by atoms with Gasteiger partial charge >= 0.3 is 0 Å². The topological polar surface area (TPSA) is 75.4 Å². The van der Waals surface area contributed by atoms with Gasteiger partial charge in [0, 0.05) is 17.1 Å². The van der Waals surface area contributed by atoms with Crippen molar-refractivity contribution in [1.82, 2.24) is 0 Å². The van der Waals surface area contributed by atoms with Crippen molar-refractivity contribution in [3.63, 3.8) is 0 Å². The third-order valence-corrected chi connectivity index (χ3v) is 3.16. The van der Waals surface area contributed by atoms with E-state index in [0.717, 1.165) is 4.47 Å². The number of aliphatic hydroxyl groups is 1. The summed E-state index contributed by atoms with van der Waals surface area (Å²) in [6.07, 6.45) is 0.627. The summed E-state index contributed by atoms with van der Waals surface area (Å²) in [4.78, 5) is 10.5. The van der Waals surface area contributed by atoms with Gasteiger partial charge in [-0.1, -0.05) is 29.8 Å². The molecule has 1 aromatic carbocycles. The van der Waals surface area contributed by atoms with E-state index in [1.165, 1.54) is 6.07 Å². The van der Waals surface area contributed by atoms with Gasteiger partial charge < -0.3 is 10.4 Å². The molecule has 2 N–H and O–H groups in total. The van der Waals surface area contributed by atoms with Crippen molar-refractivity contribution in [2.45, 2.75) is 32.8 Å². The zero-order valence-electron chi connectivity index (χ0n) is 11.3. The first-order valence-electron chi connectivity index (χ1n) is 6.11. The number of halogens is 1. The van der Waals surface area contributed by atoms with Crippen LogP contribution in [0.25, 0.3) is 0 Å². The summed E-state index contributed by atoms with van der Waals surface area (Å²) in [5, 5.41) is 24.1. The van der Waals surface area contributed by atoms with Crippen molar-refractivity contribution in [1.29, 1.82) is 0 Å². The van der Waals surface area contributed by atoms with Gasteiger partial charge in [-0.2, -0.15) is 0 Å². The van der Waals surface area contributed by atoms with Crippen LogP contribution in [-0.2, 0) is 0 Å². The van der Waals surface area contributed by atoms with E-state index in [9.17, 15) is 15.2 Å². The van der Waals surface area contributed by atoms with Gasteiger partial charge in [0.25, 0.3) is 5.69 Å². The van der Waals surface area contributed by atoms with Gasteiger partial charge in [-0.15, -0.1) is 0 Å². The Morgan fingerprint density at radius 3 is 2.68 bits per heavy atom. The SMILES string of the molecule is CC(C)CC(C)(O)CNc1cc(Br)ccc1[N+](=O)[O-]. The number of benzene rings is 1. The van der Waals surface area contributed by atoms with Crippen LogP contribution in [0.15, 0.2) is 22.7 Å². The number of nitrogens with one attached hydrogen (secondary N) is 1. The summed E-state index contributed by atoms with van der Waals surface area (Å²) in [5.41, 5.74) is -0.489. The fraction of sp³-hybridized carbons (Fsp3) is 0.538. The van der Waals surface area contributed by atoms with Gasteiger partial charge in [0.05, 0.1) is 10.5 Å². The minimum Gasteiger partial charge on any atom is -0.388 e. The number of nitro benzene ring substituents is 1. The molecule has 0 amide bonds. The van der Waals surface area contributed by atoms with E-state index < -0.39 is 10.5 Å². The van der Waals surface area contributed by atoms with Crippen LogP contribution in [0.1, 0.15) is 27.2 Å². The Bertz CT molecular complexity index is 461. The first-order valence-corrected chi connectivity index (χ1v) is 6.91. The summed E-state index contributed by atoms with van der Waals surface area (Å²) in [7, 11) is 0. The lowest BCUT2D eigenvalue weighted by molar-refractivity contribution is -0.384. The summed E-state index contributed by atoms with van der Waals surface area (Å²) < 4.78 is 0.754. The number of hydrogen-bond donors (Lipinski definition) is 2. The van der Waals surface area contributed by atoms with Crippen LogP contribution in [0.2, 0.25) is 0 Å². The van der Waals surface area contributed by atoms with Crippen LogP contribution in [0.3, 0.4) is 0 Å². The van der Waals surface area contributed by atoms with Crippen molar-refractivity contribution < 1.29 is 10.0 Å². The van der Waals surface area contributed by atoms with Gasteiger partial charge in [-0.05, 0) is 31.4 Å². The van der Waals surface area contributed by atoms with Crippen LogP contribution >= 0.6 is 15.9 Å². The lowest BCUT2D eigenvalue weighted by Crippen LogP contribution is -2.35. The molecular weight excluding hydrogens is 312 g/mol. The Labute approximate surface area is 121 Å². The number of rotatable bonds is 6. The molecule has 0 bridgehead atoms. The molecule has 1 rings (SSSR count). The Morgan fingerprint density at radius 1 is 1.53 bits per heavy atom. The van der Waals surface area contributed by atoms with Crippen molar-refractivity contribution in [2.75, 3.05) is 11.9 Å². The molecule has 0 saturated heterocycles. The van der Waals surface area contributed by atoms with Crippen LogP contribution in [0.4, 0.5) is 11.4 Å². The maximum atomic E-state index is 10.9. The molecule has 0 spiro atoms. The maximum absolute atomic E-state index is 10.9. The van der Waals surface area contributed by atoms with Crippen molar-refractivity contribution >= 4 is 27.3 Å². The normalized spacial score (nSPS) is 14.2. The zero-order chi connectivity index (χ0) is 14.6. The Morgan fingerprint density at radius 2 is 2.16 bits per heavy atom. The molecule has 0 radical (unpaired) electrons. The summed E-state index contributed by atoms with van der Waals surface area (Å²) >= 11 is 3.28. The molecule has 0 aliphatic carbocycles. The number of nitro groups is 1. The van der Waals surface area contributed by atoms with E-state index in [2.05, 4.69) is 21.2 Å². The first-order chi connectivity index (χ1) is 8.71. The Kier molecular flexibility index (Phi) is 5.31. The fourth-order valence-electron chi connectivity index (χ4n) is 2.05. The molecule has 0 aromatic heterocycles. The third-order valence-electron chi connectivity index (χ3n) is 2.66. The van der Waals surface area contributed by atoms with Gasteiger partial charge in [0.15, 0.2) is 0 Å². The standard InChI is InChI=1S/C13H19BrN2O3/c1-9(2)7-13(3,17)8-15-11-6-10(14)4-5-12(11)16(18)19/h4-6,9,15,17H,7-8H2,1-3H3. The average molecular weight is 331 g/mol. The lowest BCUT2D eigenvalue weighted by atomic mass is 9.94. The zero-order valence-corrected chi connectivity index (χ0v) is 12.9. The predicted molar refractivity (Wildman–Crippen MR) is 79.4 cm³/mol. The van der Waals surface area contributed by atoms with Crippen LogP contribution in [-0.4, -0.2) is 22.2 Å². The van der Waals surface area contributed by atoms with Crippen molar-refractivity contribution in [3.05, 3.63) is 32.8 Å². The number of hydrogen-bond acceptors (Lipinski definition) is 4. The summed E-state index contributed by atoms with van der Waals surface area (Å²) in [6.45, 7) is 6.04. The Balaban J connectivity index is 2.82. The van der Waals surface area contributed by atoms with E-state index in [1.807, 2.05) is 13.8 Å². The number of nitrogens with zero attached hydrogens (tertiary/aromatic N) is 1. The molecule has 5 nitrogen and oxygen atoms in total. The first kappa shape index (κ1) is 15.9. The summed E-state index contributed by atoms with van der Waals surface area (Å²) in [6, 6.07) is 4.70. The molecular formula is C13H19BrN2O3. The Hall–Kier alpha value is -1.14. The minimum atomic E-state index is -0.898. The smallest absolute Gasteiger partial charge is 0.292 e. The highest BCUT2D eigenvalue weighted by Gasteiger charge is 2.23. The molecule has 0 heterocycles. The monoisotopic (exact) mass is 330 g/mol. The molecule has 0 aliphatic heterocycles. The van der Waals surface area contributed by atoms with Crippen molar-refractivity contribution in [2.24, 2.45) is 5.92 Å². The predicted octanol–water partition coefficient (Wildman–Crippen LogP) is 3.57. The minimum absolute atomic E-state index is 0.00328. The van der Waals surface area contributed by atoms with E-state index in [1.54, 1.807) is 19.1 Å². The molecule has 1 unspecified atom stereocenters. The lowest BCUT2D eigenvalue weighted by Gasteiger charge is -2.26. The third kappa shape index (κ3) is 5.16. The molecule has 0 fully saturated rings. The van der Waals surface area contributed by atoms with E-state index in [4.69, 9.17) is 0 Å². The van der Waals surface area contributed by atoms with Gasteiger partial charge in [-0.3, -0.25) is 10.1 Å². The largest absolute Gasteiger partial charge is 0.388 e. The van der Waals surface area contributed by atoms with Gasteiger partial charge in [-0.25, -0.2) is 0 Å². The molecule has 0 saturated carbocycles. The highest BCUT2D eigenvalue weighted by atomic mass is 79.9. The van der Waals surface area contributed by atoms with E-state index in [0.29, 0.717) is 18.0 Å². The highest BCUT2D eigenvalue weighted by molar-refractivity contribution is 9.10. The van der Waals surface area contributed by atoms with E-state index >= 15 is 0 Å². The molecule has 0 aliphatic rings. The van der Waals surface area contributed by atoms with Crippen LogP contribution in [0.5, 0.6) is 0 Å². The quantitative estimate of drug-likeness (QED) is 0.617.